The number of rotatable bonds is 8. The SMILES string of the molecule is CCN(CC(C)C)CC(O)c1ccc(CC(C)C)cc1. The number of nitrogens with zero attached hydrogens (tertiary/aromatic N) is 1. The normalized spacial score (nSPS) is 13.4. The summed E-state index contributed by atoms with van der Waals surface area (Å²) < 4.78 is 0. The van der Waals surface area contributed by atoms with Gasteiger partial charge in [-0.05, 0) is 35.9 Å². The Kier molecular flexibility index (Phi) is 7.25. The molecule has 1 N–H and O–H groups in total. The van der Waals surface area contributed by atoms with E-state index in [2.05, 4.69) is 63.8 Å². The van der Waals surface area contributed by atoms with Gasteiger partial charge < -0.3 is 10.0 Å². The summed E-state index contributed by atoms with van der Waals surface area (Å²) in [6.07, 6.45) is 0.715. The summed E-state index contributed by atoms with van der Waals surface area (Å²) in [6, 6.07) is 8.45. The minimum Gasteiger partial charge on any atom is -0.387 e. The van der Waals surface area contributed by atoms with E-state index in [1.807, 2.05) is 0 Å². The molecule has 2 heteroatoms. The third-order valence-corrected chi connectivity index (χ3v) is 3.51. The van der Waals surface area contributed by atoms with Crippen molar-refractivity contribution in [3.8, 4) is 0 Å². The fraction of sp³-hybridized carbons (Fsp3) is 0.667. The Morgan fingerprint density at radius 1 is 0.950 bits per heavy atom. The Bertz CT molecular complexity index is 370. The van der Waals surface area contributed by atoms with Crippen molar-refractivity contribution < 1.29 is 5.11 Å². The second-order valence-electron chi connectivity index (χ2n) is 6.60. The molecule has 1 atom stereocenters. The molecular formula is C18H31NO. The topological polar surface area (TPSA) is 23.5 Å². The summed E-state index contributed by atoms with van der Waals surface area (Å²) in [6.45, 7) is 13.8. The van der Waals surface area contributed by atoms with Gasteiger partial charge in [0, 0.05) is 13.1 Å². The molecule has 0 bridgehead atoms. The van der Waals surface area contributed by atoms with E-state index in [4.69, 9.17) is 0 Å². The van der Waals surface area contributed by atoms with Gasteiger partial charge in [0.05, 0.1) is 6.10 Å². The van der Waals surface area contributed by atoms with Gasteiger partial charge in [-0.2, -0.15) is 0 Å². The van der Waals surface area contributed by atoms with Crippen LogP contribution in [-0.4, -0.2) is 29.6 Å². The zero-order valence-electron chi connectivity index (χ0n) is 13.8. The third kappa shape index (κ3) is 6.06. The highest BCUT2D eigenvalue weighted by atomic mass is 16.3. The molecule has 0 amide bonds. The zero-order valence-corrected chi connectivity index (χ0v) is 13.8. The Balaban J connectivity index is 2.60. The molecule has 0 fully saturated rings. The highest BCUT2D eigenvalue weighted by molar-refractivity contribution is 5.24. The Morgan fingerprint density at radius 3 is 2.00 bits per heavy atom. The lowest BCUT2D eigenvalue weighted by Gasteiger charge is -2.25. The van der Waals surface area contributed by atoms with Crippen LogP contribution in [0, 0.1) is 11.8 Å². The predicted octanol–water partition coefficient (Wildman–Crippen LogP) is 3.90. The lowest BCUT2D eigenvalue weighted by atomic mass is 10.00. The number of hydrogen-bond acceptors (Lipinski definition) is 2. The summed E-state index contributed by atoms with van der Waals surface area (Å²) in [5, 5.41) is 10.4. The van der Waals surface area contributed by atoms with E-state index in [0.717, 1.165) is 31.6 Å². The van der Waals surface area contributed by atoms with Crippen molar-refractivity contribution in [3.05, 3.63) is 35.4 Å². The first kappa shape index (κ1) is 17.2. The summed E-state index contributed by atoms with van der Waals surface area (Å²) >= 11 is 0. The van der Waals surface area contributed by atoms with E-state index < -0.39 is 0 Å². The number of aliphatic hydroxyl groups is 1. The highest BCUT2D eigenvalue weighted by Gasteiger charge is 2.13. The molecule has 2 nitrogen and oxygen atoms in total. The molecule has 0 aliphatic heterocycles. The van der Waals surface area contributed by atoms with Crippen molar-refractivity contribution >= 4 is 0 Å². The number of aliphatic hydroxyl groups excluding tert-OH is 1. The summed E-state index contributed by atoms with van der Waals surface area (Å²) in [5.41, 5.74) is 2.38. The predicted molar refractivity (Wildman–Crippen MR) is 86.9 cm³/mol. The van der Waals surface area contributed by atoms with Gasteiger partial charge in [-0.3, -0.25) is 0 Å². The smallest absolute Gasteiger partial charge is 0.0916 e. The van der Waals surface area contributed by atoms with E-state index >= 15 is 0 Å². The monoisotopic (exact) mass is 277 g/mol. The molecule has 0 radical (unpaired) electrons. The molecule has 0 spiro atoms. The van der Waals surface area contributed by atoms with Crippen LogP contribution in [0.5, 0.6) is 0 Å². The Morgan fingerprint density at radius 2 is 1.55 bits per heavy atom. The summed E-state index contributed by atoms with van der Waals surface area (Å²) in [5.74, 6) is 1.31. The molecule has 1 aromatic rings. The lowest BCUT2D eigenvalue weighted by Crippen LogP contribution is -2.31. The molecule has 0 saturated carbocycles. The lowest BCUT2D eigenvalue weighted by molar-refractivity contribution is 0.109. The quantitative estimate of drug-likeness (QED) is 0.779. The average molecular weight is 277 g/mol. The third-order valence-electron chi connectivity index (χ3n) is 3.51. The standard InChI is InChI=1S/C18H31NO/c1-6-19(12-15(4)5)13-18(20)17-9-7-16(8-10-17)11-14(2)3/h7-10,14-15,18,20H,6,11-13H2,1-5H3. The molecule has 114 valence electrons. The molecule has 0 aliphatic carbocycles. The second kappa shape index (κ2) is 8.43. The molecular weight excluding hydrogens is 246 g/mol. The van der Waals surface area contributed by atoms with Gasteiger partial charge >= 0.3 is 0 Å². The van der Waals surface area contributed by atoms with E-state index in [9.17, 15) is 5.11 Å². The van der Waals surface area contributed by atoms with Crippen LogP contribution in [0.25, 0.3) is 0 Å². The highest BCUT2D eigenvalue weighted by Crippen LogP contribution is 2.17. The van der Waals surface area contributed by atoms with Crippen molar-refractivity contribution in [2.75, 3.05) is 19.6 Å². The van der Waals surface area contributed by atoms with Crippen LogP contribution in [0.15, 0.2) is 24.3 Å². The van der Waals surface area contributed by atoms with Gasteiger partial charge in [-0.15, -0.1) is 0 Å². The maximum absolute atomic E-state index is 10.4. The molecule has 1 aromatic carbocycles. The van der Waals surface area contributed by atoms with Gasteiger partial charge in [0.15, 0.2) is 0 Å². The maximum Gasteiger partial charge on any atom is 0.0916 e. The van der Waals surface area contributed by atoms with Crippen LogP contribution in [0.2, 0.25) is 0 Å². The van der Waals surface area contributed by atoms with Gasteiger partial charge in [-0.25, -0.2) is 0 Å². The summed E-state index contributed by atoms with van der Waals surface area (Å²) in [4.78, 5) is 2.32. The average Bonchev–Trinajstić information content (AvgIpc) is 2.37. The van der Waals surface area contributed by atoms with Gasteiger partial charge in [-0.1, -0.05) is 58.9 Å². The van der Waals surface area contributed by atoms with Crippen LogP contribution in [0.1, 0.15) is 51.8 Å². The van der Waals surface area contributed by atoms with Crippen LogP contribution >= 0.6 is 0 Å². The van der Waals surface area contributed by atoms with E-state index in [0.29, 0.717) is 11.8 Å². The second-order valence-corrected chi connectivity index (χ2v) is 6.60. The van der Waals surface area contributed by atoms with E-state index in [1.54, 1.807) is 0 Å². The molecule has 0 aromatic heterocycles. The van der Waals surface area contributed by atoms with Gasteiger partial charge in [0.2, 0.25) is 0 Å². The van der Waals surface area contributed by atoms with Crippen LogP contribution < -0.4 is 0 Å². The fourth-order valence-corrected chi connectivity index (χ4v) is 2.55. The number of likely N-dealkylation sites (N-methyl/N-ethyl adjacent to an activating group) is 1. The van der Waals surface area contributed by atoms with Crippen LogP contribution in [0.4, 0.5) is 0 Å². The van der Waals surface area contributed by atoms with Crippen LogP contribution in [-0.2, 0) is 6.42 Å². The van der Waals surface area contributed by atoms with Crippen LogP contribution in [0.3, 0.4) is 0 Å². The first-order valence-electron chi connectivity index (χ1n) is 7.91. The molecule has 0 heterocycles. The van der Waals surface area contributed by atoms with Crippen molar-refractivity contribution in [2.24, 2.45) is 11.8 Å². The van der Waals surface area contributed by atoms with E-state index in [-0.39, 0.29) is 6.10 Å². The van der Waals surface area contributed by atoms with Gasteiger partial charge in [0.25, 0.3) is 0 Å². The largest absolute Gasteiger partial charge is 0.387 e. The number of hydrogen-bond donors (Lipinski definition) is 1. The van der Waals surface area contributed by atoms with E-state index in [1.165, 1.54) is 5.56 Å². The molecule has 1 unspecified atom stereocenters. The van der Waals surface area contributed by atoms with Crippen molar-refractivity contribution in [1.82, 2.24) is 4.90 Å². The van der Waals surface area contributed by atoms with Crippen molar-refractivity contribution in [2.45, 2.75) is 47.1 Å². The Labute approximate surface area is 124 Å². The zero-order chi connectivity index (χ0) is 15.1. The summed E-state index contributed by atoms with van der Waals surface area (Å²) in [7, 11) is 0. The molecule has 1 rings (SSSR count). The first-order valence-corrected chi connectivity index (χ1v) is 7.91. The maximum atomic E-state index is 10.4. The molecule has 0 aliphatic rings. The fourth-order valence-electron chi connectivity index (χ4n) is 2.55. The minimum atomic E-state index is -0.387. The van der Waals surface area contributed by atoms with Crippen molar-refractivity contribution in [1.29, 1.82) is 0 Å². The Hall–Kier alpha value is -0.860. The molecule has 0 saturated heterocycles. The number of benzene rings is 1. The first-order chi connectivity index (χ1) is 9.42. The molecule has 20 heavy (non-hydrogen) atoms. The van der Waals surface area contributed by atoms with Crippen molar-refractivity contribution in [3.63, 3.8) is 0 Å². The minimum absolute atomic E-state index is 0.387. The van der Waals surface area contributed by atoms with Gasteiger partial charge in [0.1, 0.15) is 0 Å².